The lowest BCUT2D eigenvalue weighted by Gasteiger charge is -2.23. The molecule has 0 aromatic heterocycles. The van der Waals surface area contributed by atoms with Crippen molar-refractivity contribution in [1.29, 1.82) is 0 Å². The summed E-state index contributed by atoms with van der Waals surface area (Å²) in [7, 11) is 0. The van der Waals surface area contributed by atoms with Crippen molar-refractivity contribution in [2.45, 2.75) is 52.0 Å². The minimum Gasteiger partial charge on any atom is -0.480 e. The number of amides is 3. The van der Waals surface area contributed by atoms with Crippen LogP contribution in [-0.2, 0) is 9.59 Å². The van der Waals surface area contributed by atoms with Crippen molar-refractivity contribution in [2.75, 3.05) is 10.6 Å². The van der Waals surface area contributed by atoms with Crippen LogP contribution in [0.3, 0.4) is 0 Å². The first-order valence-electron chi connectivity index (χ1n) is 16.4. The highest BCUT2D eigenvalue weighted by Gasteiger charge is 2.26. The predicted octanol–water partition coefficient (Wildman–Crippen LogP) is 5.84. The van der Waals surface area contributed by atoms with Crippen LogP contribution in [0.4, 0.5) is 31.5 Å². The van der Waals surface area contributed by atoms with E-state index in [1.54, 1.807) is 26.0 Å². The largest absolute Gasteiger partial charge is 0.480 e. The zero-order valence-corrected chi connectivity index (χ0v) is 32.2. The van der Waals surface area contributed by atoms with Gasteiger partial charge < -0.3 is 26.0 Å². The van der Waals surface area contributed by atoms with Gasteiger partial charge in [0.15, 0.2) is 6.04 Å². The monoisotopic (exact) mass is 826 g/mol. The molecular weight excluding hydrogens is 789 g/mol. The first-order chi connectivity index (χ1) is 26.9. The summed E-state index contributed by atoms with van der Waals surface area (Å²) < 4.78 is 25.2. The maximum atomic E-state index is 12.9. The van der Waals surface area contributed by atoms with E-state index in [-0.39, 0.29) is 27.1 Å². The summed E-state index contributed by atoms with van der Waals surface area (Å²) in [5.41, 5.74) is 9.51. The van der Waals surface area contributed by atoms with Gasteiger partial charge in [-0.05, 0) is 99.5 Å². The highest BCUT2D eigenvalue weighted by atomic mass is 35.5. The number of halogens is 4. The number of nitrogen functional groups attached to an aromatic ring is 1. The molecule has 4 aromatic carbocycles. The molecule has 4 aromatic rings. The molecule has 15 nitrogen and oxygen atoms in total. The third-order valence-electron chi connectivity index (χ3n) is 7.75. The number of rotatable bonds is 10. The number of anilines is 2. The first kappa shape index (κ1) is 46.8. The Balaban J connectivity index is 0.000000329. The summed E-state index contributed by atoms with van der Waals surface area (Å²) in [6.45, 7) is 20.1. The van der Waals surface area contributed by atoms with Crippen molar-refractivity contribution in [2.24, 2.45) is 5.84 Å². The van der Waals surface area contributed by atoms with Crippen LogP contribution in [0.25, 0.3) is 9.69 Å². The van der Waals surface area contributed by atoms with Gasteiger partial charge in [0.05, 0.1) is 35.4 Å². The van der Waals surface area contributed by atoms with Crippen LogP contribution >= 0.6 is 23.2 Å². The second kappa shape index (κ2) is 22.3. The highest BCUT2D eigenvalue weighted by Crippen LogP contribution is 2.34. The lowest BCUT2D eigenvalue weighted by molar-refractivity contribution is -0.140. The molecular formula is C38H38Cl2F2N8O7. The molecule has 0 aliphatic heterocycles. The van der Waals surface area contributed by atoms with Gasteiger partial charge in [-0.3, -0.25) is 30.7 Å². The number of carbonyl (C=O) groups is 4. The topological polar surface area (TPSA) is 224 Å². The van der Waals surface area contributed by atoms with Crippen molar-refractivity contribution in [3.63, 3.8) is 0 Å². The van der Waals surface area contributed by atoms with Crippen molar-refractivity contribution >= 4 is 69.6 Å². The van der Waals surface area contributed by atoms with Crippen LogP contribution in [0.2, 0.25) is 10.0 Å². The van der Waals surface area contributed by atoms with Gasteiger partial charge in [-0.25, -0.2) is 29.1 Å². The fraction of sp³-hybridized carbons (Fsp3) is 0.211. The molecule has 0 heterocycles. The Bertz CT molecular complexity index is 2140. The number of aliphatic hydroxyl groups excluding tert-OH is 2. The van der Waals surface area contributed by atoms with Crippen molar-refractivity contribution < 1.29 is 43.3 Å². The van der Waals surface area contributed by atoms with Gasteiger partial charge in [-0.15, -0.1) is 0 Å². The van der Waals surface area contributed by atoms with Gasteiger partial charge in [-0.1, -0.05) is 35.3 Å². The maximum absolute atomic E-state index is 12.9. The lowest BCUT2D eigenvalue weighted by Crippen LogP contribution is -2.52. The van der Waals surface area contributed by atoms with Crippen LogP contribution < -0.4 is 32.8 Å². The van der Waals surface area contributed by atoms with Crippen LogP contribution in [0, 0.1) is 38.6 Å². The Hall–Kier alpha value is -6.34. The summed E-state index contributed by atoms with van der Waals surface area (Å²) in [5.74, 6) is 1.06. The molecule has 0 aliphatic rings. The number of nitrogens with two attached hydrogens (primary N) is 1. The molecule has 0 bridgehead atoms. The minimum absolute atomic E-state index is 0.153. The van der Waals surface area contributed by atoms with Crippen molar-refractivity contribution in [3.8, 4) is 0 Å². The zero-order valence-electron chi connectivity index (χ0n) is 30.7. The minimum atomic E-state index is -1.16. The number of carboxylic acids is 1. The lowest BCUT2D eigenvalue weighted by atomic mass is 10.1. The number of hydrogen-bond donors (Lipinski definition) is 9. The van der Waals surface area contributed by atoms with Crippen LogP contribution in [0.15, 0.2) is 72.8 Å². The fourth-order valence-corrected chi connectivity index (χ4v) is 4.92. The molecule has 300 valence electrons. The van der Waals surface area contributed by atoms with Crippen LogP contribution in [0.5, 0.6) is 0 Å². The third kappa shape index (κ3) is 13.7. The summed E-state index contributed by atoms with van der Waals surface area (Å²) >= 11 is 12.1. The summed E-state index contributed by atoms with van der Waals surface area (Å²) in [4.78, 5) is 52.7. The SMILES string of the molecule is NNC(=O)c1ccc(F)cc1.[C-]#[N+]c1ccc(N[C@@H](C(=O)NNC(=O)c2ccc(F)cc2)[C@H](C)O)c(C)c1Cl.[C-]#[N+]c1ccc(N[C@@H](C(=O)O)[C@H](C)O)c(C)c1Cl. The number of aliphatic carboxylic acids is 1. The van der Waals surface area contributed by atoms with E-state index in [1.807, 2.05) is 5.43 Å². The van der Waals surface area contributed by atoms with Crippen molar-refractivity contribution in [3.05, 3.63) is 140 Å². The van der Waals surface area contributed by atoms with Crippen molar-refractivity contribution in [1.82, 2.24) is 16.3 Å². The molecule has 19 heteroatoms. The quantitative estimate of drug-likeness (QED) is 0.0402. The molecule has 0 saturated carbocycles. The third-order valence-corrected chi connectivity index (χ3v) is 8.71. The molecule has 57 heavy (non-hydrogen) atoms. The molecule has 10 N–H and O–H groups in total. The van der Waals surface area contributed by atoms with E-state index in [2.05, 4.69) is 31.2 Å². The number of hydrogen-bond acceptors (Lipinski definition) is 9. The number of nitrogens with zero attached hydrogens (tertiary/aromatic N) is 2. The highest BCUT2D eigenvalue weighted by molar-refractivity contribution is 6.35. The van der Waals surface area contributed by atoms with Gasteiger partial charge in [0.1, 0.15) is 17.7 Å². The second-order valence-corrected chi connectivity index (χ2v) is 12.6. The Kier molecular flexibility index (Phi) is 18.3. The number of nitrogens with one attached hydrogen (secondary N) is 5. The van der Waals surface area contributed by atoms with E-state index in [1.165, 1.54) is 62.4 Å². The van der Waals surface area contributed by atoms with Gasteiger partial charge in [0.25, 0.3) is 17.7 Å². The van der Waals surface area contributed by atoms with E-state index in [4.69, 9.17) is 47.3 Å². The molecule has 4 atom stereocenters. The molecule has 0 fully saturated rings. The van der Waals surface area contributed by atoms with Gasteiger partial charge in [0.2, 0.25) is 11.4 Å². The molecule has 0 radical (unpaired) electrons. The van der Waals surface area contributed by atoms with E-state index in [0.717, 1.165) is 12.1 Å². The molecule has 0 aliphatic carbocycles. The molecule has 0 unspecified atom stereocenters. The average Bonchev–Trinajstić information content (AvgIpc) is 3.18. The number of carbonyl (C=O) groups excluding carboxylic acids is 3. The molecule has 0 saturated heterocycles. The van der Waals surface area contributed by atoms with E-state index in [0.29, 0.717) is 33.8 Å². The maximum Gasteiger partial charge on any atom is 0.328 e. The first-order valence-corrected chi connectivity index (χ1v) is 17.2. The van der Waals surface area contributed by atoms with Gasteiger partial charge in [0, 0.05) is 22.5 Å². The number of aliphatic hydroxyl groups is 2. The standard InChI is InChI=1S/C19H18ClFN4O3.C12H13ClN2O3.C7H7FN2O/c1-10-14(8-9-15(22-3)16(10)20)23-17(11(2)26)19(28)25-24-18(27)12-4-6-13(21)7-5-12;1-6-8(4-5-9(14-3)10(6)13)15-11(7(2)16)12(17)18;8-6-3-1-5(2-4-6)7(11)10-9/h4-9,11,17,23,26H,1-2H3,(H,24,27)(H,25,28);4-5,7,11,15-16H,1-2H3,(H,17,18);1-4H,9H2,(H,10,11)/t11-,17+;7-,11+;/m00./s1. The number of carboxylic acid groups (broad SMARTS) is 1. The normalized spacial score (nSPS) is 12.2. The fourth-order valence-electron chi connectivity index (χ4n) is 4.51. The summed E-state index contributed by atoms with van der Waals surface area (Å²) in [5, 5.41) is 34.4. The van der Waals surface area contributed by atoms with E-state index in [9.17, 15) is 38.2 Å². The number of benzene rings is 4. The Morgan fingerprint density at radius 2 is 1.05 bits per heavy atom. The second-order valence-electron chi connectivity index (χ2n) is 11.9. The van der Waals surface area contributed by atoms with E-state index >= 15 is 0 Å². The Morgan fingerprint density at radius 3 is 1.40 bits per heavy atom. The van der Waals surface area contributed by atoms with Crippen LogP contribution in [0.1, 0.15) is 45.7 Å². The van der Waals surface area contributed by atoms with Crippen LogP contribution in [-0.4, -0.2) is 63.3 Å². The number of hydrazine groups is 2. The average molecular weight is 828 g/mol. The molecule has 4 rings (SSSR count). The van der Waals surface area contributed by atoms with Gasteiger partial charge in [-0.2, -0.15) is 0 Å². The zero-order chi connectivity index (χ0) is 43.0. The van der Waals surface area contributed by atoms with E-state index < -0.39 is 53.8 Å². The predicted molar refractivity (Wildman–Crippen MR) is 211 cm³/mol. The molecule has 0 spiro atoms. The summed E-state index contributed by atoms with van der Waals surface area (Å²) in [6.07, 6.45) is -2.16. The Morgan fingerprint density at radius 1 is 0.667 bits per heavy atom. The van der Waals surface area contributed by atoms with Gasteiger partial charge >= 0.3 is 5.97 Å². The summed E-state index contributed by atoms with van der Waals surface area (Å²) in [6, 6.07) is 13.8. The molecule has 3 amide bonds. The Labute approximate surface area is 336 Å². The smallest absolute Gasteiger partial charge is 0.328 e.